The summed E-state index contributed by atoms with van der Waals surface area (Å²) in [6, 6.07) is 1.51. The highest BCUT2D eigenvalue weighted by Gasteiger charge is 2.34. The molecule has 0 aromatic heterocycles. The van der Waals surface area contributed by atoms with Crippen LogP contribution in [0.15, 0.2) is 0 Å². The average molecular weight is 252 g/mol. The van der Waals surface area contributed by atoms with Crippen molar-refractivity contribution in [2.45, 2.75) is 71.9 Å². The van der Waals surface area contributed by atoms with Crippen LogP contribution in [0.2, 0.25) is 0 Å². The Bertz CT molecular complexity index is 260. The Labute approximate surface area is 114 Å². The van der Waals surface area contributed by atoms with Crippen molar-refractivity contribution in [3.8, 4) is 0 Å². The molecule has 2 rings (SSSR count). The van der Waals surface area contributed by atoms with Gasteiger partial charge in [-0.2, -0.15) is 0 Å². The first-order valence-electron chi connectivity index (χ1n) is 7.94. The summed E-state index contributed by atoms with van der Waals surface area (Å²) in [4.78, 5) is 2.79. The molecule has 1 saturated carbocycles. The maximum Gasteiger partial charge on any atom is 0.0100 e. The summed E-state index contributed by atoms with van der Waals surface area (Å²) in [6.45, 7) is 13.3. The van der Waals surface area contributed by atoms with Gasteiger partial charge in [-0.15, -0.1) is 0 Å². The number of rotatable bonds is 4. The van der Waals surface area contributed by atoms with Crippen LogP contribution >= 0.6 is 0 Å². The Hall–Kier alpha value is -0.0800. The molecular weight excluding hydrogens is 220 g/mol. The van der Waals surface area contributed by atoms with Gasteiger partial charge in [0.05, 0.1) is 0 Å². The van der Waals surface area contributed by atoms with Crippen molar-refractivity contribution in [1.82, 2.24) is 10.2 Å². The van der Waals surface area contributed by atoms with Crippen LogP contribution in [0, 0.1) is 11.3 Å². The molecule has 0 aromatic rings. The first kappa shape index (κ1) is 14.3. The standard InChI is InChI=1S/C16H32N2/c1-13(2)17-11-14-7-9-18(12-14)15-6-5-8-16(3,4)10-15/h13-15,17H,5-12H2,1-4H3. The minimum atomic E-state index is 0.581. The van der Waals surface area contributed by atoms with Crippen molar-refractivity contribution < 1.29 is 0 Å². The highest BCUT2D eigenvalue weighted by Crippen LogP contribution is 2.38. The summed E-state index contributed by atoms with van der Waals surface area (Å²) in [5, 5.41) is 3.60. The van der Waals surface area contributed by atoms with E-state index < -0.39 is 0 Å². The molecule has 1 saturated heterocycles. The van der Waals surface area contributed by atoms with Gasteiger partial charge in [0.2, 0.25) is 0 Å². The van der Waals surface area contributed by atoms with Crippen molar-refractivity contribution in [1.29, 1.82) is 0 Å². The van der Waals surface area contributed by atoms with Crippen LogP contribution in [0.3, 0.4) is 0 Å². The predicted octanol–water partition coefficient (Wildman–Crippen LogP) is 3.28. The summed E-state index contributed by atoms with van der Waals surface area (Å²) in [5.74, 6) is 0.887. The molecule has 0 spiro atoms. The monoisotopic (exact) mass is 252 g/mol. The quantitative estimate of drug-likeness (QED) is 0.826. The molecule has 0 aromatic carbocycles. The Balaban J connectivity index is 1.78. The van der Waals surface area contributed by atoms with Crippen LogP contribution in [0.4, 0.5) is 0 Å². The number of hydrogen-bond donors (Lipinski definition) is 1. The fraction of sp³-hybridized carbons (Fsp3) is 1.00. The lowest BCUT2D eigenvalue weighted by Crippen LogP contribution is -2.40. The van der Waals surface area contributed by atoms with Gasteiger partial charge in [-0.3, -0.25) is 0 Å². The second-order valence-electron chi connectivity index (χ2n) is 7.63. The highest BCUT2D eigenvalue weighted by molar-refractivity contribution is 4.89. The molecule has 18 heavy (non-hydrogen) atoms. The third-order valence-electron chi connectivity index (χ3n) is 4.83. The van der Waals surface area contributed by atoms with Crippen molar-refractivity contribution in [3.63, 3.8) is 0 Å². The van der Waals surface area contributed by atoms with E-state index in [0.29, 0.717) is 11.5 Å². The Morgan fingerprint density at radius 1 is 1.28 bits per heavy atom. The summed E-state index contributed by atoms with van der Waals surface area (Å²) in [6.07, 6.45) is 7.11. The molecule has 2 atom stereocenters. The minimum absolute atomic E-state index is 0.581. The van der Waals surface area contributed by atoms with E-state index in [1.54, 1.807) is 0 Å². The largest absolute Gasteiger partial charge is 0.314 e. The molecule has 2 unspecified atom stereocenters. The van der Waals surface area contributed by atoms with E-state index in [1.165, 1.54) is 51.7 Å². The zero-order valence-electron chi connectivity index (χ0n) is 12.8. The molecular formula is C16H32N2. The molecule has 1 aliphatic carbocycles. The van der Waals surface area contributed by atoms with Crippen LogP contribution < -0.4 is 5.32 Å². The Kier molecular flexibility index (Phi) is 4.71. The molecule has 0 radical (unpaired) electrons. The molecule has 0 amide bonds. The summed E-state index contributed by atoms with van der Waals surface area (Å²) < 4.78 is 0. The van der Waals surface area contributed by atoms with Gasteiger partial charge >= 0.3 is 0 Å². The number of nitrogens with zero attached hydrogens (tertiary/aromatic N) is 1. The average Bonchev–Trinajstić information content (AvgIpc) is 2.73. The van der Waals surface area contributed by atoms with Gasteiger partial charge in [0.15, 0.2) is 0 Å². The van der Waals surface area contributed by atoms with E-state index in [4.69, 9.17) is 0 Å². The van der Waals surface area contributed by atoms with E-state index in [2.05, 4.69) is 37.9 Å². The van der Waals surface area contributed by atoms with Gasteiger partial charge in [0.25, 0.3) is 0 Å². The van der Waals surface area contributed by atoms with Gasteiger partial charge in [-0.05, 0) is 50.1 Å². The Morgan fingerprint density at radius 2 is 2.06 bits per heavy atom. The maximum atomic E-state index is 3.60. The SMILES string of the molecule is CC(C)NCC1CCN(C2CCCC(C)(C)C2)C1. The Morgan fingerprint density at radius 3 is 2.72 bits per heavy atom. The third kappa shape index (κ3) is 3.96. The van der Waals surface area contributed by atoms with Gasteiger partial charge in [0, 0.05) is 18.6 Å². The lowest BCUT2D eigenvalue weighted by molar-refractivity contribution is 0.110. The second-order valence-corrected chi connectivity index (χ2v) is 7.63. The lowest BCUT2D eigenvalue weighted by atomic mass is 9.75. The molecule has 1 N–H and O–H groups in total. The summed E-state index contributed by atoms with van der Waals surface area (Å²) in [7, 11) is 0. The number of nitrogens with one attached hydrogen (secondary N) is 1. The van der Waals surface area contributed by atoms with Crippen LogP contribution in [0.5, 0.6) is 0 Å². The van der Waals surface area contributed by atoms with Crippen molar-refractivity contribution in [3.05, 3.63) is 0 Å². The predicted molar refractivity (Wildman–Crippen MR) is 78.9 cm³/mol. The molecule has 2 fully saturated rings. The number of likely N-dealkylation sites (tertiary alicyclic amines) is 1. The molecule has 1 heterocycles. The van der Waals surface area contributed by atoms with Crippen molar-refractivity contribution >= 4 is 0 Å². The zero-order chi connectivity index (χ0) is 13.2. The third-order valence-corrected chi connectivity index (χ3v) is 4.83. The van der Waals surface area contributed by atoms with Crippen molar-refractivity contribution in [2.75, 3.05) is 19.6 Å². The molecule has 2 aliphatic rings. The van der Waals surface area contributed by atoms with Gasteiger partial charge in [0.1, 0.15) is 0 Å². The molecule has 2 nitrogen and oxygen atoms in total. The van der Waals surface area contributed by atoms with Gasteiger partial charge < -0.3 is 10.2 Å². The van der Waals surface area contributed by atoms with E-state index in [-0.39, 0.29) is 0 Å². The van der Waals surface area contributed by atoms with E-state index in [1.807, 2.05) is 0 Å². The fourth-order valence-electron chi connectivity index (χ4n) is 3.73. The summed E-state index contributed by atoms with van der Waals surface area (Å²) in [5.41, 5.74) is 0.581. The first-order chi connectivity index (χ1) is 8.46. The normalized spacial score (nSPS) is 33.2. The van der Waals surface area contributed by atoms with E-state index >= 15 is 0 Å². The van der Waals surface area contributed by atoms with Crippen LogP contribution in [0.25, 0.3) is 0 Å². The van der Waals surface area contributed by atoms with Gasteiger partial charge in [-0.1, -0.05) is 34.1 Å². The van der Waals surface area contributed by atoms with Crippen molar-refractivity contribution in [2.24, 2.45) is 11.3 Å². The van der Waals surface area contributed by atoms with Crippen LogP contribution in [-0.2, 0) is 0 Å². The van der Waals surface area contributed by atoms with Crippen LogP contribution in [0.1, 0.15) is 59.8 Å². The maximum absolute atomic E-state index is 3.60. The smallest absolute Gasteiger partial charge is 0.0100 e. The molecule has 1 aliphatic heterocycles. The van der Waals surface area contributed by atoms with Gasteiger partial charge in [-0.25, -0.2) is 0 Å². The molecule has 106 valence electrons. The lowest BCUT2D eigenvalue weighted by Gasteiger charge is -2.40. The highest BCUT2D eigenvalue weighted by atomic mass is 15.2. The topological polar surface area (TPSA) is 15.3 Å². The first-order valence-corrected chi connectivity index (χ1v) is 7.94. The molecule has 0 bridgehead atoms. The summed E-state index contributed by atoms with van der Waals surface area (Å²) >= 11 is 0. The molecule has 2 heteroatoms. The minimum Gasteiger partial charge on any atom is -0.314 e. The van der Waals surface area contributed by atoms with E-state index in [9.17, 15) is 0 Å². The number of hydrogen-bond acceptors (Lipinski definition) is 2. The second kappa shape index (κ2) is 5.92. The van der Waals surface area contributed by atoms with E-state index in [0.717, 1.165) is 12.0 Å². The van der Waals surface area contributed by atoms with Crippen LogP contribution in [-0.4, -0.2) is 36.6 Å². The fourth-order valence-corrected chi connectivity index (χ4v) is 3.73. The zero-order valence-corrected chi connectivity index (χ0v) is 12.8.